The maximum Gasteiger partial charge on any atom is 0.432 e. The van der Waals surface area contributed by atoms with Gasteiger partial charge in [0.15, 0.2) is 0 Å². The van der Waals surface area contributed by atoms with Crippen molar-refractivity contribution in [1.29, 1.82) is 0 Å². The predicted octanol–water partition coefficient (Wildman–Crippen LogP) is 4.45. The van der Waals surface area contributed by atoms with Gasteiger partial charge in [0.1, 0.15) is 0 Å². The third kappa shape index (κ3) is 5.69. The summed E-state index contributed by atoms with van der Waals surface area (Å²) in [6.07, 6.45) is -10.9. The Morgan fingerprint density at radius 2 is 1.37 bits per heavy atom. The second-order valence-corrected chi connectivity index (χ2v) is 7.87. The van der Waals surface area contributed by atoms with Gasteiger partial charge in [-0.25, -0.2) is 14.4 Å². The number of hydrogen-bond acceptors (Lipinski definition) is 6. The topological polar surface area (TPSA) is 114 Å². The molecule has 0 fully saturated rings. The highest BCUT2D eigenvalue weighted by Crippen LogP contribution is 2.42. The van der Waals surface area contributed by atoms with Gasteiger partial charge >= 0.3 is 30.3 Å². The zero-order valence-corrected chi connectivity index (χ0v) is 20.3. The molecule has 0 heterocycles. The van der Waals surface area contributed by atoms with E-state index < -0.39 is 65.8 Å². The van der Waals surface area contributed by atoms with Crippen LogP contribution in [0, 0.1) is 6.92 Å². The number of benzene rings is 2. The Morgan fingerprint density at radius 3 is 1.84 bits per heavy atom. The van der Waals surface area contributed by atoms with E-state index in [2.05, 4.69) is 9.47 Å². The van der Waals surface area contributed by atoms with E-state index in [0.29, 0.717) is 12.1 Å². The highest BCUT2D eigenvalue weighted by Gasteiger charge is 2.64. The summed E-state index contributed by atoms with van der Waals surface area (Å²) in [4.78, 5) is 37.2. The monoisotopic (exact) mass is 550 g/mol. The molecule has 0 aromatic heterocycles. The summed E-state index contributed by atoms with van der Waals surface area (Å²) in [5, 5.41) is 13.9. The Hall–Kier alpha value is -3.81. The van der Waals surface area contributed by atoms with Crippen LogP contribution in [-0.4, -0.2) is 48.6 Å². The lowest BCUT2D eigenvalue weighted by atomic mass is 9.89. The van der Waals surface area contributed by atoms with Crippen LogP contribution in [0.25, 0.3) is 0 Å². The Labute approximate surface area is 212 Å². The number of esters is 2. The number of halogens is 6. The Morgan fingerprint density at radius 1 is 0.816 bits per heavy atom. The molecule has 38 heavy (non-hydrogen) atoms. The lowest BCUT2D eigenvalue weighted by Crippen LogP contribution is -2.62. The standard InChI is InChI=1S/C24H24F6N2O6/c1-4-37-18(33)21(23(25,26)27,15-9-7-6-8-10-15)32-20(35)31-17-12-11-16(13-14(17)3)22(36,24(28,29)30)19(34)38-5-2/h6-13,36H,4-5H2,1-3H3,(H2,31,32,35)/t21-,22+/m1/s1. The molecule has 3 N–H and O–H groups in total. The zero-order chi connectivity index (χ0) is 28.9. The van der Waals surface area contributed by atoms with Crippen molar-refractivity contribution in [2.24, 2.45) is 0 Å². The summed E-state index contributed by atoms with van der Waals surface area (Å²) in [5.74, 6) is -3.80. The lowest BCUT2D eigenvalue weighted by Gasteiger charge is -2.34. The fourth-order valence-electron chi connectivity index (χ4n) is 3.50. The van der Waals surface area contributed by atoms with Gasteiger partial charge in [0.2, 0.25) is 0 Å². The maximum atomic E-state index is 14.3. The first-order valence-corrected chi connectivity index (χ1v) is 11.0. The largest absolute Gasteiger partial charge is 0.464 e. The van der Waals surface area contributed by atoms with Crippen LogP contribution in [0.15, 0.2) is 48.5 Å². The van der Waals surface area contributed by atoms with E-state index in [1.54, 1.807) is 5.32 Å². The lowest BCUT2D eigenvalue weighted by molar-refractivity contribution is -0.267. The number of anilines is 1. The quantitative estimate of drug-likeness (QED) is 0.331. The van der Waals surface area contributed by atoms with Crippen molar-refractivity contribution in [2.75, 3.05) is 18.5 Å². The van der Waals surface area contributed by atoms with Gasteiger partial charge in [-0.15, -0.1) is 0 Å². The van der Waals surface area contributed by atoms with E-state index in [0.717, 1.165) is 18.2 Å². The van der Waals surface area contributed by atoms with E-state index in [-0.39, 0.29) is 11.3 Å². The van der Waals surface area contributed by atoms with Crippen LogP contribution in [0.5, 0.6) is 0 Å². The fraction of sp³-hybridized carbons (Fsp3) is 0.375. The van der Waals surface area contributed by atoms with Crippen molar-refractivity contribution in [3.05, 3.63) is 65.2 Å². The third-order valence-corrected chi connectivity index (χ3v) is 5.39. The molecule has 14 heteroatoms. The van der Waals surface area contributed by atoms with Gasteiger partial charge in [-0.1, -0.05) is 42.5 Å². The molecule has 2 rings (SSSR count). The molecule has 0 aliphatic rings. The molecule has 0 radical (unpaired) electrons. The van der Waals surface area contributed by atoms with Crippen molar-refractivity contribution in [2.45, 2.75) is 44.3 Å². The number of ether oxygens (including phenoxy) is 2. The first-order chi connectivity index (χ1) is 17.6. The van der Waals surface area contributed by atoms with Gasteiger partial charge in [0.25, 0.3) is 11.1 Å². The molecule has 2 aromatic carbocycles. The Balaban J connectivity index is 2.48. The molecule has 0 spiro atoms. The first kappa shape index (κ1) is 30.4. The van der Waals surface area contributed by atoms with Crippen molar-refractivity contribution in [3.63, 3.8) is 0 Å². The van der Waals surface area contributed by atoms with Crippen molar-refractivity contribution in [3.8, 4) is 0 Å². The molecule has 0 saturated heterocycles. The minimum absolute atomic E-state index is 0.168. The van der Waals surface area contributed by atoms with Crippen LogP contribution in [-0.2, 0) is 30.2 Å². The average Bonchev–Trinajstić information content (AvgIpc) is 2.82. The highest BCUT2D eigenvalue weighted by molar-refractivity contribution is 5.96. The molecule has 0 saturated carbocycles. The molecule has 0 aliphatic carbocycles. The molecule has 0 aliphatic heterocycles. The Kier molecular flexibility index (Phi) is 9.04. The number of amides is 2. The van der Waals surface area contributed by atoms with Gasteiger partial charge in [-0.2, -0.15) is 26.3 Å². The van der Waals surface area contributed by atoms with Gasteiger partial charge in [-0.05, 0) is 38.0 Å². The number of nitrogens with one attached hydrogen (secondary N) is 2. The highest BCUT2D eigenvalue weighted by atomic mass is 19.4. The van der Waals surface area contributed by atoms with Crippen LogP contribution in [0.1, 0.15) is 30.5 Å². The number of hydrogen-bond donors (Lipinski definition) is 3. The smallest absolute Gasteiger partial charge is 0.432 e. The number of carbonyl (C=O) groups is 3. The molecular weight excluding hydrogens is 526 g/mol. The van der Waals surface area contributed by atoms with Crippen LogP contribution in [0.2, 0.25) is 0 Å². The Bertz CT molecular complexity index is 1170. The van der Waals surface area contributed by atoms with Crippen molar-refractivity contribution < 1.29 is 55.3 Å². The molecule has 0 unspecified atom stereocenters. The summed E-state index contributed by atoms with van der Waals surface area (Å²) in [6, 6.07) is 6.36. The van der Waals surface area contributed by atoms with Gasteiger partial charge in [-0.3, -0.25) is 0 Å². The van der Waals surface area contributed by atoms with E-state index in [1.165, 1.54) is 39.0 Å². The summed E-state index contributed by atoms with van der Waals surface area (Å²) in [7, 11) is 0. The normalized spacial score (nSPS) is 15.0. The van der Waals surface area contributed by atoms with Gasteiger partial charge in [0, 0.05) is 11.3 Å². The molecule has 8 nitrogen and oxygen atoms in total. The number of aliphatic hydroxyl groups is 1. The fourth-order valence-corrected chi connectivity index (χ4v) is 3.50. The summed E-state index contributed by atoms with van der Waals surface area (Å²) >= 11 is 0. The predicted molar refractivity (Wildman–Crippen MR) is 121 cm³/mol. The molecule has 208 valence electrons. The first-order valence-electron chi connectivity index (χ1n) is 11.0. The average molecular weight is 550 g/mol. The molecular formula is C24H24F6N2O6. The second-order valence-electron chi connectivity index (χ2n) is 7.87. The molecule has 2 aromatic rings. The second kappa shape index (κ2) is 11.3. The van der Waals surface area contributed by atoms with Crippen LogP contribution < -0.4 is 10.6 Å². The van der Waals surface area contributed by atoms with Gasteiger partial charge in [0.05, 0.1) is 13.2 Å². The van der Waals surface area contributed by atoms with E-state index in [9.17, 15) is 45.8 Å². The van der Waals surface area contributed by atoms with Crippen molar-refractivity contribution in [1.82, 2.24) is 5.32 Å². The number of alkyl halides is 6. The zero-order valence-electron chi connectivity index (χ0n) is 20.3. The number of carbonyl (C=O) groups excluding carboxylic acids is 3. The summed E-state index contributed by atoms with van der Waals surface area (Å²) < 4.78 is 92.8. The van der Waals surface area contributed by atoms with E-state index in [1.807, 2.05) is 5.32 Å². The van der Waals surface area contributed by atoms with Crippen LogP contribution in [0.4, 0.5) is 36.8 Å². The number of urea groups is 1. The van der Waals surface area contributed by atoms with Crippen LogP contribution >= 0.6 is 0 Å². The van der Waals surface area contributed by atoms with E-state index >= 15 is 0 Å². The number of aryl methyl sites for hydroxylation is 1. The maximum absolute atomic E-state index is 14.3. The molecule has 0 bridgehead atoms. The van der Waals surface area contributed by atoms with E-state index in [4.69, 9.17) is 0 Å². The molecule has 2 amide bonds. The van der Waals surface area contributed by atoms with Crippen LogP contribution in [0.3, 0.4) is 0 Å². The molecule has 2 atom stereocenters. The van der Waals surface area contributed by atoms with Gasteiger partial charge < -0.3 is 25.2 Å². The SMILES string of the molecule is CCOC(=O)[C@@](O)(c1ccc(NC(=O)N[C@@](C(=O)OCC)(c2ccccc2)C(F)(F)F)c(C)c1)C(F)(F)F. The minimum Gasteiger partial charge on any atom is -0.464 e. The number of rotatable bonds is 8. The van der Waals surface area contributed by atoms with Crippen molar-refractivity contribution >= 4 is 23.7 Å². The minimum atomic E-state index is -5.49. The summed E-state index contributed by atoms with van der Waals surface area (Å²) in [5.41, 5.74) is -9.73. The third-order valence-electron chi connectivity index (χ3n) is 5.39. The summed E-state index contributed by atoms with van der Waals surface area (Å²) in [6.45, 7) is 2.78.